The molecular formula is C13H18Cl2N2. The van der Waals surface area contributed by atoms with Crippen LogP contribution in [0.15, 0.2) is 18.2 Å². The average molecular weight is 273 g/mol. The molecule has 94 valence electrons. The Hall–Kier alpha value is -0.280. The molecule has 17 heavy (non-hydrogen) atoms. The highest BCUT2D eigenvalue weighted by Crippen LogP contribution is 2.21. The van der Waals surface area contributed by atoms with Gasteiger partial charge in [0.05, 0.1) is 0 Å². The fraction of sp³-hybridized carbons (Fsp3) is 0.538. The molecule has 2 rings (SSSR count). The third-order valence-corrected chi connectivity index (χ3v) is 3.97. The smallest absolute Gasteiger partial charge is 0.0465 e. The van der Waals surface area contributed by atoms with Crippen LogP contribution in [0.1, 0.15) is 18.4 Å². The van der Waals surface area contributed by atoms with E-state index in [1.807, 2.05) is 12.1 Å². The molecule has 1 fully saturated rings. The van der Waals surface area contributed by atoms with E-state index < -0.39 is 0 Å². The van der Waals surface area contributed by atoms with Crippen molar-refractivity contribution in [2.75, 3.05) is 20.1 Å². The Bertz CT molecular complexity index is 382. The van der Waals surface area contributed by atoms with Crippen LogP contribution in [0, 0.1) is 0 Å². The largest absolute Gasteiger partial charge is 0.311 e. The van der Waals surface area contributed by atoms with E-state index in [1.54, 1.807) is 6.07 Å². The maximum atomic E-state index is 6.12. The number of nitrogens with zero attached hydrogens (tertiary/aromatic N) is 1. The minimum Gasteiger partial charge on any atom is -0.311 e. The van der Waals surface area contributed by atoms with Crippen molar-refractivity contribution in [3.8, 4) is 0 Å². The summed E-state index contributed by atoms with van der Waals surface area (Å²) in [5.74, 6) is 0. The third kappa shape index (κ3) is 3.59. The SMILES string of the molecule is CN1CCCC1CNCc1ccc(Cl)cc1Cl. The molecule has 1 unspecified atom stereocenters. The number of benzene rings is 1. The molecule has 0 amide bonds. The summed E-state index contributed by atoms with van der Waals surface area (Å²) in [5, 5.41) is 4.89. The summed E-state index contributed by atoms with van der Waals surface area (Å²) in [6, 6.07) is 6.32. The lowest BCUT2D eigenvalue weighted by atomic mass is 10.2. The van der Waals surface area contributed by atoms with Gasteiger partial charge in [0.25, 0.3) is 0 Å². The Morgan fingerprint density at radius 3 is 2.88 bits per heavy atom. The summed E-state index contributed by atoms with van der Waals surface area (Å²) in [6.07, 6.45) is 2.60. The van der Waals surface area contributed by atoms with Crippen LogP contribution in [0.4, 0.5) is 0 Å². The number of likely N-dealkylation sites (tertiary alicyclic amines) is 1. The van der Waals surface area contributed by atoms with Gasteiger partial charge in [0.15, 0.2) is 0 Å². The molecule has 0 aliphatic carbocycles. The van der Waals surface area contributed by atoms with E-state index in [9.17, 15) is 0 Å². The van der Waals surface area contributed by atoms with Gasteiger partial charge in [-0.3, -0.25) is 0 Å². The van der Waals surface area contributed by atoms with Crippen molar-refractivity contribution in [2.24, 2.45) is 0 Å². The highest BCUT2D eigenvalue weighted by atomic mass is 35.5. The molecule has 0 radical (unpaired) electrons. The molecule has 1 aliphatic heterocycles. The Morgan fingerprint density at radius 1 is 1.41 bits per heavy atom. The molecule has 0 spiro atoms. The zero-order valence-corrected chi connectivity index (χ0v) is 11.6. The predicted octanol–water partition coefficient (Wildman–Crippen LogP) is 3.18. The number of hydrogen-bond acceptors (Lipinski definition) is 2. The first kappa shape index (κ1) is 13.2. The summed E-state index contributed by atoms with van der Waals surface area (Å²) in [7, 11) is 2.19. The van der Waals surface area contributed by atoms with Gasteiger partial charge in [-0.15, -0.1) is 0 Å². The molecule has 0 saturated carbocycles. The summed E-state index contributed by atoms with van der Waals surface area (Å²) >= 11 is 12.0. The van der Waals surface area contributed by atoms with Gasteiger partial charge in [-0.2, -0.15) is 0 Å². The van der Waals surface area contributed by atoms with Gasteiger partial charge in [-0.1, -0.05) is 29.3 Å². The summed E-state index contributed by atoms with van der Waals surface area (Å²) in [4.78, 5) is 2.41. The quantitative estimate of drug-likeness (QED) is 0.906. The molecule has 1 atom stereocenters. The summed E-state index contributed by atoms with van der Waals surface area (Å²) < 4.78 is 0. The number of likely N-dealkylation sites (N-methyl/N-ethyl adjacent to an activating group) is 1. The van der Waals surface area contributed by atoms with Gasteiger partial charge in [0.1, 0.15) is 0 Å². The van der Waals surface area contributed by atoms with Crippen LogP contribution in [0.2, 0.25) is 10.0 Å². The fourth-order valence-corrected chi connectivity index (χ4v) is 2.75. The Balaban J connectivity index is 1.81. The molecule has 1 aromatic rings. The second-order valence-electron chi connectivity index (χ2n) is 4.64. The summed E-state index contributed by atoms with van der Waals surface area (Å²) in [5.41, 5.74) is 1.11. The first-order valence-electron chi connectivity index (χ1n) is 6.01. The van der Waals surface area contributed by atoms with Crippen LogP contribution < -0.4 is 5.32 Å². The zero-order valence-electron chi connectivity index (χ0n) is 10.0. The summed E-state index contributed by atoms with van der Waals surface area (Å²) in [6.45, 7) is 3.05. The lowest BCUT2D eigenvalue weighted by Gasteiger charge is -2.19. The number of hydrogen-bond donors (Lipinski definition) is 1. The monoisotopic (exact) mass is 272 g/mol. The Labute approximate surface area is 113 Å². The van der Waals surface area contributed by atoms with Crippen molar-refractivity contribution in [2.45, 2.75) is 25.4 Å². The third-order valence-electron chi connectivity index (χ3n) is 3.38. The van der Waals surface area contributed by atoms with E-state index in [0.29, 0.717) is 11.1 Å². The molecule has 0 bridgehead atoms. The molecule has 2 nitrogen and oxygen atoms in total. The van der Waals surface area contributed by atoms with Crippen LogP contribution in [0.3, 0.4) is 0 Å². The Morgan fingerprint density at radius 2 is 2.24 bits per heavy atom. The molecule has 4 heteroatoms. The van der Waals surface area contributed by atoms with Crippen LogP contribution in [-0.2, 0) is 6.54 Å². The minimum atomic E-state index is 0.668. The maximum absolute atomic E-state index is 6.12. The van der Waals surface area contributed by atoms with Crippen LogP contribution in [0.5, 0.6) is 0 Å². The van der Waals surface area contributed by atoms with Crippen molar-refractivity contribution in [3.63, 3.8) is 0 Å². The molecular weight excluding hydrogens is 255 g/mol. The molecule has 1 N–H and O–H groups in total. The van der Waals surface area contributed by atoms with E-state index in [1.165, 1.54) is 19.4 Å². The van der Waals surface area contributed by atoms with Crippen molar-refractivity contribution < 1.29 is 0 Å². The predicted molar refractivity (Wildman–Crippen MR) is 73.8 cm³/mol. The fourth-order valence-electron chi connectivity index (χ4n) is 2.28. The van der Waals surface area contributed by atoms with Gasteiger partial charge in [0, 0.05) is 29.2 Å². The van der Waals surface area contributed by atoms with Crippen LogP contribution in [0.25, 0.3) is 0 Å². The topological polar surface area (TPSA) is 15.3 Å². The number of nitrogens with one attached hydrogen (secondary N) is 1. The van der Waals surface area contributed by atoms with Gasteiger partial charge < -0.3 is 10.2 Å². The van der Waals surface area contributed by atoms with Crippen LogP contribution >= 0.6 is 23.2 Å². The lowest BCUT2D eigenvalue weighted by Crippen LogP contribution is -2.35. The van der Waals surface area contributed by atoms with E-state index >= 15 is 0 Å². The normalized spacial score (nSPS) is 21.0. The Kier molecular flexibility index (Phi) is 4.69. The minimum absolute atomic E-state index is 0.668. The van der Waals surface area contributed by atoms with Crippen molar-refractivity contribution in [1.29, 1.82) is 0 Å². The average Bonchev–Trinajstić information content (AvgIpc) is 2.68. The lowest BCUT2D eigenvalue weighted by molar-refractivity contribution is 0.300. The first-order chi connectivity index (χ1) is 8.16. The number of halogens is 2. The van der Waals surface area contributed by atoms with Crippen molar-refractivity contribution in [3.05, 3.63) is 33.8 Å². The second-order valence-corrected chi connectivity index (χ2v) is 5.49. The van der Waals surface area contributed by atoms with Crippen molar-refractivity contribution >= 4 is 23.2 Å². The van der Waals surface area contributed by atoms with Gasteiger partial charge in [0.2, 0.25) is 0 Å². The second kappa shape index (κ2) is 6.05. The van der Waals surface area contributed by atoms with E-state index in [4.69, 9.17) is 23.2 Å². The maximum Gasteiger partial charge on any atom is 0.0465 e. The van der Waals surface area contributed by atoms with E-state index in [-0.39, 0.29) is 0 Å². The van der Waals surface area contributed by atoms with Gasteiger partial charge in [-0.25, -0.2) is 0 Å². The number of rotatable bonds is 4. The first-order valence-corrected chi connectivity index (χ1v) is 6.77. The molecule has 1 aromatic carbocycles. The zero-order chi connectivity index (χ0) is 12.3. The molecule has 1 aliphatic rings. The highest BCUT2D eigenvalue weighted by molar-refractivity contribution is 6.35. The molecule has 1 heterocycles. The van der Waals surface area contributed by atoms with E-state index in [0.717, 1.165) is 23.7 Å². The van der Waals surface area contributed by atoms with Crippen molar-refractivity contribution in [1.82, 2.24) is 10.2 Å². The highest BCUT2D eigenvalue weighted by Gasteiger charge is 2.19. The van der Waals surface area contributed by atoms with Gasteiger partial charge >= 0.3 is 0 Å². The van der Waals surface area contributed by atoms with Gasteiger partial charge in [-0.05, 0) is 44.1 Å². The molecule has 1 saturated heterocycles. The van der Waals surface area contributed by atoms with Crippen LogP contribution in [-0.4, -0.2) is 31.1 Å². The van der Waals surface area contributed by atoms with E-state index in [2.05, 4.69) is 17.3 Å². The standard InChI is InChI=1S/C13H18Cl2N2/c1-17-6-2-3-12(17)9-16-8-10-4-5-11(14)7-13(10)15/h4-5,7,12,16H,2-3,6,8-9H2,1H3. The molecule has 0 aromatic heterocycles.